The average Bonchev–Trinajstić information content (AvgIpc) is 3.33. The third-order valence-corrected chi connectivity index (χ3v) is 11.5. The Morgan fingerprint density at radius 3 is 0.970 bits per heavy atom. The molecule has 0 N–H and O–H groups in total. The summed E-state index contributed by atoms with van der Waals surface area (Å²) in [4.78, 5) is 38.1. The van der Waals surface area contributed by atoms with Gasteiger partial charge in [0.2, 0.25) is 0 Å². The second-order valence-corrected chi connectivity index (χ2v) is 18.1. The highest BCUT2D eigenvalue weighted by atomic mass is 16.6. The van der Waals surface area contributed by atoms with Crippen molar-refractivity contribution in [2.24, 2.45) is 0 Å². The summed E-state index contributed by atoms with van der Waals surface area (Å²) in [5.74, 6) is -1.01. The smallest absolute Gasteiger partial charge is 0.306 e. The predicted octanol–water partition coefficient (Wildman–Crippen LogP) is 18.5. The lowest BCUT2D eigenvalue weighted by Gasteiger charge is -2.18. The van der Waals surface area contributed by atoms with E-state index in [2.05, 4.69) is 118 Å². The Morgan fingerprint density at radius 2 is 0.552 bits per heavy atom. The van der Waals surface area contributed by atoms with E-state index in [-0.39, 0.29) is 37.5 Å². The number of allylic oxidation sites excluding steroid dienone is 16. The summed E-state index contributed by atoms with van der Waals surface area (Å²) in [5.41, 5.74) is 0. The summed E-state index contributed by atoms with van der Waals surface area (Å²) in [5, 5.41) is 0. The Balaban J connectivity index is 4.54. The zero-order valence-corrected chi connectivity index (χ0v) is 43.6. The molecule has 0 fully saturated rings. The molecule has 0 bridgehead atoms. The fourth-order valence-electron chi connectivity index (χ4n) is 7.32. The molecule has 0 unspecified atom stereocenters. The zero-order valence-electron chi connectivity index (χ0n) is 43.6. The van der Waals surface area contributed by atoms with Gasteiger partial charge < -0.3 is 14.2 Å². The standard InChI is InChI=1S/C61H102O6/c1-4-7-10-13-16-19-22-25-28-30-33-36-39-42-45-48-51-54-60(63)66-57-58(56-65-59(62)53-50-47-44-41-38-35-32-27-24-21-18-15-12-9-6-3)67-61(64)55-52-49-46-43-40-37-34-31-29-26-23-20-17-14-11-8-5-2/h16,18-19,21,25-29,32-33,36,38,41-42,45,58H,4-15,17,20,22-24,30-31,34-35,37,39-40,43-44,46-57H2,1-3H3/b19-16-,21-18-,28-25-,29-26-,32-27-,36-33-,41-38-,45-42-/t58-/m1/s1. The van der Waals surface area contributed by atoms with Gasteiger partial charge in [0.05, 0.1) is 0 Å². The van der Waals surface area contributed by atoms with Crippen LogP contribution in [0.2, 0.25) is 0 Å². The molecular weight excluding hydrogens is 829 g/mol. The predicted molar refractivity (Wildman–Crippen MR) is 288 cm³/mol. The third-order valence-electron chi connectivity index (χ3n) is 11.5. The van der Waals surface area contributed by atoms with Crippen molar-refractivity contribution >= 4 is 17.9 Å². The van der Waals surface area contributed by atoms with Crippen LogP contribution in [0.1, 0.15) is 252 Å². The van der Waals surface area contributed by atoms with Gasteiger partial charge in [-0.25, -0.2) is 0 Å². The molecule has 0 radical (unpaired) electrons. The van der Waals surface area contributed by atoms with Gasteiger partial charge in [-0.3, -0.25) is 14.4 Å². The quantitative estimate of drug-likeness (QED) is 0.0262. The van der Waals surface area contributed by atoms with Gasteiger partial charge in [-0.05, 0) is 122 Å². The fourth-order valence-corrected chi connectivity index (χ4v) is 7.32. The number of carbonyl (C=O) groups excluding carboxylic acids is 3. The lowest BCUT2D eigenvalue weighted by Crippen LogP contribution is -2.30. The van der Waals surface area contributed by atoms with Crippen molar-refractivity contribution in [1.82, 2.24) is 0 Å². The molecule has 6 heteroatoms. The lowest BCUT2D eigenvalue weighted by molar-refractivity contribution is -0.167. The summed E-state index contributed by atoms with van der Waals surface area (Å²) >= 11 is 0. The molecule has 67 heavy (non-hydrogen) atoms. The maximum atomic E-state index is 12.8. The Morgan fingerprint density at radius 1 is 0.299 bits per heavy atom. The van der Waals surface area contributed by atoms with Crippen molar-refractivity contribution in [2.45, 2.75) is 258 Å². The Bertz CT molecular complexity index is 1350. The molecule has 0 saturated heterocycles. The Labute approximate surface area is 413 Å². The van der Waals surface area contributed by atoms with E-state index < -0.39 is 6.10 Å². The monoisotopic (exact) mass is 931 g/mol. The highest BCUT2D eigenvalue weighted by molar-refractivity contribution is 5.71. The van der Waals surface area contributed by atoms with E-state index >= 15 is 0 Å². The van der Waals surface area contributed by atoms with Gasteiger partial charge in [0, 0.05) is 19.3 Å². The van der Waals surface area contributed by atoms with Crippen LogP contribution in [0.3, 0.4) is 0 Å². The van der Waals surface area contributed by atoms with Crippen LogP contribution in [0.15, 0.2) is 97.2 Å². The van der Waals surface area contributed by atoms with Crippen molar-refractivity contribution in [1.29, 1.82) is 0 Å². The van der Waals surface area contributed by atoms with Crippen LogP contribution in [0, 0.1) is 0 Å². The first-order valence-electron chi connectivity index (χ1n) is 27.7. The first kappa shape index (κ1) is 63.3. The molecule has 0 saturated carbocycles. The summed E-state index contributed by atoms with van der Waals surface area (Å²) in [6.07, 6.45) is 72.5. The summed E-state index contributed by atoms with van der Waals surface area (Å²) in [6, 6.07) is 0. The van der Waals surface area contributed by atoms with E-state index in [1.165, 1.54) is 128 Å². The van der Waals surface area contributed by atoms with E-state index in [0.29, 0.717) is 19.3 Å². The topological polar surface area (TPSA) is 78.9 Å². The molecule has 0 aliphatic rings. The molecule has 0 heterocycles. The van der Waals surface area contributed by atoms with Crippen LogP contribution < -0.4 is 0 Å². The Kier molecular flexibility index (Phi) is 51.9. The number of unbranched alkanes of at least 4 members (excludes halogenated alkanes) is 22. The van der Waals surface area contributed by atoms with Gasteiger partial charge >= 0.3 is 17.9 Å². The third kappa shape index (κ3) is 53.2. The van der Waals surface area contributed by atoms with Crippen molar-refractivity contribution in [3.8, 4) is 0 Å². The fraction of sp³-hybridized carbons (Fsp3) is 0.689. The molecule has 0 spiro atoms. The maximum Gasteiger partial charge on any atom is 0.306 e. The number of rotatable bonds is 49. The number of hydrogen-bond acceptors (Lipinski definition) is 6. The van der Waals surface area contributed by atoms with Gasteiger partial charge in [0.15, 0.2) is 6.10 Å². The van der Waals surface area contributed by atoms with Crippen LogP contribution in [-0.2, 0) is 28.6 Å². The maximum absolute atomic E-state index is 12.8. The van der Waals surface area contributed by atoms with Crippen LogP contribution >= 0.6 is 0 Å². The minimum atomic E-state index is -0.818. The minimum Gasteiger partial charge on any atom is -0.462 e. The molecule has 0 rings (SSSR count). The van der Waals surface area contributed by atoms with Gasteiger partial charge in [-0.15, -0.1) is 0 Å². The van der Waals surface area contributed by atoms with Gasteiger partial charge in [0.25, 0.3) is 0 Å². The molecule has 0 aromatic carbocycles. The summed E-state index contributed by atoms with van der Waals surface area (Å²) < 4.78 is 16.8. The average molecular weight is 931 g/mol. The van der Waals surface area contributed by atoms with Gasteiger partial charge in [-0.1, -0.05) is 208 Å². The minimum absolute atomic E-state index is 0.117. The first-order valence-corrected chi connectivity index (χ1v) is 27.7. The highest BCUT2D eigenvalue weighted by Gasteiger charge is 2.19. The van der Waals surface area contributed by atoms with Crippen LogP contribution in [0.25, 0.3) is 0 Å². The number of ether oxygens (including phenoxy) is 3. The van der Waals surface area contributed by atoms with E-state index in [9.17, 15) is 14.4 Å². The molecule has 0 amide bonds. The van der Waals surface area contributed by atoms with E-state index in [0.717, 1.165) is 77.0 Å². The van der Waals surface area contributed by atoms with Crippen molar-refractivity contribution in [3.63, 3.8) is 0 Å². The van der Waals surface area contributed by atoms with E-state index in [1.807, 2.05) is 0 Å². The molecule has 0 aliphatic heterocycles. The van der Waals surface area contributed by atoms with Crippen LogP contribution in [-0.4, -0.2) is 37.2 Å². The van der Waals surface area contributed by atoms with Crippen LogP contribution in [0.4, 0.5) is 0 Å². The molecule has 0 aromatic heterocycles. The van der Waals surface area contributed by atoms with Crippen molar-refractivity contribution < 1.29 is 28.6 Å². The molecule has 382 valence electrons. The van der Waals surface area contributed by atoms with Crippen molar-refractivity contribution in [2.75, 3.05) is 13.2 Å². The summed E-state index contributed by atoms with van der Waals surface area (Å²) in [6.45, 7) is 6.49. The molecule has 1 atom stereocenters. The SMILES string of the molecule is CCCCC/C=C\C/C=C\C/C=C\C/C=C\CCCC(=O)OC[C@@H](COC(=O)CCCC/C=C\C/C=C\C/C=C\CCCCC)OC(=O)CCCCCCCCC/C=C\CCCCCCCC. The second-order valence-electron chi connectivity index (χ2n) is 18.1. The van der Waals surface area contributed by atoms with Crippen LogP contribution in [0.5, 0.6) is 0 Å². The molecule has 0 aromatic rings. The Hall–Kier alpha value is -3.67. The summed E-state index contributed by atoms with van der Waals surface area (Å²) in [7, 11) is 0. The zero-order chi connectivity index (χ0) is 48.6. The molecule has 6 nitrogen and oxygen atoms in total. The lowest BCUT2D eigenvalue weighted by atomic mass is 10.1. The number of hydrogen-bond donors (Lipinski definition) is 0. The van der Waals surface area contributed by atoms with Crippen molar-refractivity contribution in [3.05, 3.63) is 97.2 Å². The normalized spacial score (nSPS) is 12.8. The number of esters is 3. The second kappa shape index (κ2) is 54.9. The molecule has 0 aliphatic carbocycles. The van der Waals surface area contributed by atoms with Gasteiger partial charge in [0.1, 0.15) is 13.2 Å². The van der Waals surface area contributed by atoms with E-state index in [4.69, 9.17) is 14.2 Å². The highest BCUT2D eigenvalue weighted by Crippen LogP contribution is 2.13. The number of carbonyl (C=O) groups is 3. The van der Waals surface area contributed by atoms with Gasteiger partial charge in [-0.2, -0.15) is 0 Å². The molecular formula is C61H102O6. The van der Waals surface area contributed by atoms with E-state index in [1.54, 1.807) is 0 Å². The first-order chi connectivity index (χ1) is 33.0. The largest absolute Gasteiger partial charge is 0.462 e.